The van der Waals surface area contributed by atoms with Crippen LogP contribution in [0.4, 0.5) is 5.69 Å². The second-order valence-electron chi connectivity index (χ2n) is 17.5. The van der Waals surface area contributed by atoms with E-state index in [-0.39, 0.29) is 11.9 Å². The lowest BCUT2D eigenvalue weighted by Gasteiger charge is -2.61. The smallest absolute Gasteiger partial charge is 0.220 e. The molecule has 4 aliphatic carbocycles. The van der Waals surface area contributed by atoms with E-state index in [0.717, 1.165) is 73.0 Å². The van der Waals surface area contributed by atoms with E-state index in [2.05, 4.69) is 87.3 Å². The second-order valence-corrected chi connectivity index (χ2v) is 17.5. The van der Waals surface area contributed by atoms with Gasteiger partial charge in [0.15, 0.2) is 0 Å². The Morgan fingerprint density at radius 1 is 0.872 bits per heavy atom. The van der Waals surface area contributed by atoms with E-state index in [4.69, 9.17) is 0 Å². The van der Waals surface area contributed by atoms with Crippen molar-refractivity contribution in [3.05, 3.63) is 72.3 Å². The molecule has 47 heavy (non-hydrogen) atoms. The van der Waals surface area contributed by atoms with Gasteiger partial charge in [0.25, 0.3) is 0 Å². The third-order valence-electron chi connectivity index (χ3n) is 15.4. The number of quaternary nitrogens is 1. The second kappa shape index (κ2) is 13.5. The minimum Gasteiger partial charge on any atom is -0.353 e. The molecule has 8 atom stereocenters. The number of benzene rings is 2. The van der Waals surface area contributed by atoms with E-state index in [1.165, 1.54) is 81.0 Å². The summed E-state index contributed by atoms with van der Waals surface area (Å²) in [7, 11) is 0. The van der Waals surface area contributed by atoms with E-state index >= 15 is 0 Å². The number of rotatable bonds is 9. The standard InChI is InChI=1S/C44H62N2O/c1-5-33-15-17-34(18-16-33)31-46(37-12-7-6-8-13-37)29-25-36(26-30-46)45-42(47)23-14-32(2)39-21-22-40-38-20-19-35-11-9-10-27-43(35,3)41(38)24-28-44(39,40)4/h5-8,12-13,15-18,32,35-36,38-41H,1,9-11,14,19-31H2,2-4H3/p+1/t32-,35?,36?,38+,39-,40+,41+,43+,44-,46?/m1/s1. The predicted octanol–water partition coefficient (Wildman–Crippen LogP) is 10.6. The predicted molar refractivity (Wildman–Crippen MR) is 198 cm³/mol. The summed E-state index contributed by atoms with van der Waals surface area (Å²) in [5, 5.41) is 3.51. The Morgan fingerprint density at radius 3 is 2.36 bits per heavy atom. The van der Waals surface area contributed by atoms with Crippen molar-refractivity contribution < 1.29 is 4.79 Å². The van der Waals surface area contributed by atoms with Gasteiger partial charge in [-0.3, -0.25) is 9.28 Å². The number of nitrogens with zero attached hydrogens (tertiary/aromatic N) is 1. The van der Waals surface area contributed by atoms with Gasteiger partial charge in [-0.15, -0.1) is 0 Å². The Hall–Kier alpha value is -2.39. The highest BCUT2D eigenvalue weighted by Crippen LogP contribution is 2.68. The van der Waals surface area contributed by atoms with Crippen molar-refractivity contribution in [2.45, 2.75) is 123 Å². The molecule has 4 saturated carbocycles. The maximum Gasteiger partial charge on any atom is 0.220 e. The fourth-order valence-electron chi connectivity index (χ4n) is 12.7. The molecule has 0 radical (unpaired) electrons. The monoisotopic (exact) mass is 635 g/mol. The van der Waals surface area contributed by atoms with Crippen LogP contribution in [-0.4, -0.2) is 25.0 Å². The average molecular weight is 636 g/mol. The van der Waals surface area contributed by atoms with E-state index in [9.17, 15) is 4.79 Å². The van der Waals surface area contributed by atoms with Crippen LogP contribution in [0.1, 0.15) is 122 Å². The van der Waals surface area contributed by atoms with Crippen LogP contribution in [0.15, 0.2) is 61.2 Å². The molecule has 0 spiro atoms. The number of carbonyl (C=O) groups excluding carboxylic acids is 1. The van der Waals surface area contributed by atoms with Gasteiger partial charge in [0.2, 0.25) is 5.91 Å². The minimum atomic E-state index is 0.286. The molecule has 5 fully saturated rings. The van der Waals surface area contributed by atoms with Crippen LogP contribution in [0.3, 0.4) is 0 Å². The highest BCUT2D eigenvalue weighted by atomic mass is 16.1. The van der Waals surface area contributed by atoms with Crippen molar-refractivity contribution >= 4 is 17.7 Å². The van der Waals surface area contributed by atoms with Gasteiger partial charge in [-0.05, 0) is 122 Å². The Kier molecular flexibility index (Phi) is 9.51. The Labute approximate surface area is 286 Å². The van der Waals surface area contributed by atoms with Crippen molar-refractivity contribution in [2.75, 3.05) is 13.1 Å². The molecule has 1 unspecified atom stereocenters. The molecule has 1 amide bonds. The summed E-state index contributed by atoms with van der Waals surface area (Å²) in [6, 6.07) is 20.2. The first-order valence-electron chi connectivity index (χ1n) is 19.7. The van der Waals surface area contributed by atoms with E-state index in [1.54, 1.807) is 0 Å². The summed E-state index contributed by atoms with van der Waals surface area (Å²) < 4.78 is 0.959. The van der Waals surface area contributed by atoms with Gasteiger partial charge in [0.1, 0.15) is 12.2 Å². The average Bonchev–Trinajstić information content (AvgIpc) is 3.46. The molecule has 2 aromatic rings. The highest BCUT2D eigenvalue weighted by molar-refractivity contribution is 5.76. The third kappa shape index (κ3) is 6.28. The fourth-order valence-corrected chi connectivity index (χ4v) is 12.7. The molecular weight excluding hydrogens is 572 g/mol. The molecule has 7 rings (SSSR count). The molecule has 1 heterocycles. The number of para-hydroxylation sites is 1. The van der Waals surface area contributed by atoms with Crippen molar-refractivity contribution in [1.29, 1.82) is 0 Å². The molecule has 3 heteroatoms. The normalized spacial score (nSPS) is 38.8. The first-order valence-corrected chi connectivity index (χ1v) is 19.7. The maximum absolute atomic E-state index is 13.4. The van der Waals surface area contributed by atoms with Crippen LogP contribution in [-0.2, 0) is 11.3 Å². The number of hydrogen-bond donors (Lipinski definition) is 1. The molecular formula is C44H63N2O+. The number of hydrogen-bond acceptors (Lipinski definition) is 1. The van der Waals surface area contributed by atoms with E-state index in [0.29, 0.717) is 23.2 Å². The molecule has 1 N–H and O–H groups in total. The van der Waals surface area contributed by atoms with Crippen LogP contribution in [0.2, 0.25) is 0 Å². The molecule has 5 aliphatic rings. The van der Waals surface area contributed by atoms with Crippen LogP contribution in [0.5, 0.6) is 0 Å². The number of piperidine rings is 1. The molecule has 0 bridgehead atoms. The Morgan fingerprint density at radius 2 is 1.62 bits per heavy atom. The van der Waals surface area contributed by atoms with Crippen molar-refractivity contribution in [3.8, 4) is 0 Å². The number of carbonyl (C=O) groups is 1. The summed E-state index contributed by atoms with van der Waals surface area (Å²) >= 11 is 0. The maximum atomic E-state index is 13.4. The van der Waals surface area contributed by atoms with Gasteiger partial charge in [-0.25, -0.2) is 0 Å². The van der Waals surface area contributed by atoms with Gasteiger partial charge in [-0.1, -0.05) is 88.7 Å². The fraction of sp³-hybridized carbons (Fsp3) is 0.659. The first-order chi connectivity index (χ1) is 22.7. The Balaban J connectivity index is 0.927. The molecule has 254 valence electrons. The van der Waals surface area contributed by atoms with Gasteiger partial charge < -0.3 is 5.32 Å². The molecule has 2 aromatic carbocycles. The van der Waals surface area contributed by atoms with E-state index in [1.807, 2.05) is 6.08 Å². The van der Waals surface area contributed by atoms with Crippen molar-refractivity contribution in [1.82, 2.24) is 9.80 Å². The van der Waals surface area contributed by atoms with Crippen LogP contribution >= 0.6 is 0 Å². The summed E-state index contributed by atoms with van der Waals surface area (Å²) in [5.74, 6) is 5.58. The largest absolute Gasteiger partial charge is 0.353 e. The summed E-state index contributed by atoms with van der Waals surface area (Å²) in [6.07, 6.45) is 20.4. The number of amides is 1. The van der Waals surface area contributed by atoms with Crippen LogP contribution in [0.25, 0.3) is 6.08 Å². The molecule has 0 aromatic heterocycles. The lowest BCUT2D eigenvalue weighted by atomic mass is 9.44. The van der Waals surface area contributed by atoms with Crippen LogP contribution in [0, 0.1) is 46.3 Å². The zero-order chi connectivity index (χ0) is 32.6. The third-order valence-corrected chi connectivity index (χ3v) is 15.4. The lowest BCUT2D eigenvalue weighted by Crippen LogP contribution is -2.57. The zero-order valence-corrected chi connectivity index (χ0v) is 29.9. The summed E-state index contributed by atoms with van der Waals surface area (Å²) in [4.78, 5) is 13.4. The van der Waals surface area contributed by atoms with Gasteiger partial charge >= 0.3 is 0 Å². The molecule has 1 saturated heterocycles. The Bertz CT molecular complexity index is 1380. The molecule has 1 aliphatic heterocycles. The van der Waals surface area contributed by atoms with E-state index < -0.39 is 0 Å². The summed E-state index contributed by atoms with van der Waals surface area (Å²) in [5.41, 5.74) is 5.03. The number of likely N-dealkylation sites (tertiary alicyclic amines) is 1. The quantitative estimate of drug-likeness (QED) is 0.273. The highest BCUT2D eigenvalue weighted by Gasteiger charge is 2.60. The van der Waals surface area contributed by atoms with Gasteiger partial charge in [0, 0.05) is 30.9 Å². The first kappa shape index (κ1) is 33.1. The SMILES string of the molecule is C=Cc1ccc(C[N+]2(c3ccccc3)CCC(NC(=O)CC[C@@H](C)[C@H]3CC[C@H]4[C@@H]5CCC6CCCC[C@]6(C)[C@H]5CC[C@]34C)CC2)cc1. The number of nitrogens with one attached hydrogen (secondary N) is 1. The lowest BCUT2D eigenvalue weighted by molar-refractivity contribution is -0.123. The zero-order valence-electron chi connectivity index (χ0n) is 29.9. The minimum absolute atomic E-state index is 0.286. The van der Waals surface area contributed by atoms with Crippen LogP contribution < -0.4 is 9.80 Å². The molecule has 3 nitrogen and oxygen atoms in total. The topological polar surface area (TPSA) is 29.1 Å². The van der Waals surface area contributed by atoms with Crippen molar-refractivity contribution in [3.63, 3.8) is 0 Å². The van der Waals surface area contributed by atoms with Gasteiger partial charge in [-0.2, -0.15) is 0 Å². The van der Waals surface area contributed by atoms with Crippen molar-refractivity contribution in [2.24, 2.45) is 46.3 Å². The number of fused-ring (bicyclic) bond motifs is 5. The summed E-state index contributed by atoms with van der Waals surface area (Å²) in [6.45, 7) is 14.9. The van der Waals surface area contributed by atoms with Gasteiger partial charge in [0.05, 0.1) is 13.1 Å².